The molecule has 2 fully saturated rings. The van der Waals surface area contributed by atoms with Crippen molar-refractivity contribution in [2.75, 3.05) is 26.2 Å². The summed E-state index contributed by atoms with van der Waals surface area (Å²) in [5.74, 6) is 0.660. The van der Waals surface area contributed by atoms with Crippen LogP contribution in [-0.4, -0.2) is 53.8 Å². The molecule has 2 heterocycles. The van der Waals surface area contributed by atoms with E-state index < -0.39 is 0 Å². The number of carbonyl (C=O) groups is 2. The fraction of sp³-hybridized carbons (Fsp3) is 0.500. The minimum absolute atomic E-state index is 0.00991. The molecule has 2 amide bonds. The Morgan fingerprint density at radius 1 is 1.00 bits per heavy atom. The lowest BCUT2D eigenvalue weighted by atomic mass is 9.94. The van der Waals surface area contributed by atoms with Crippen LogP contribution in [0.15, 0.2) is 47.8 Å². The van der Waals surface area contributed by atoms with Crippen molar-refractivity contribution in [1.29, 1.82) is 0 Å². The summed E-state index contributed by atoms with van der Waals surface area (Å²) in [7, 11) is 0. The Morgan fingerprint density at radius 2 is 1.70 bits per heavy atom. The number of carbonyl (C=O) groups excluding carboxylic acids is 2. The van der Waals surface area contributed by atoms with Crippen LogP contribution in [0.4, 0.5) is 0 Å². The van der Waals surface area contributed by atoms with Gasteiger partial charge in [-0.2, -0.15) is 0 Å². The second-order valence-corrected chi connectivity index (χ2v) is 9.38. The first-order valence-corrected chi connectivity index (χ1v) is 11.9. The molecular formula is C24H31N3O2S. The zero-order valence-electron chi connectivity index (χ0n) is 17.6. The first-order valence-electron chi connectivity index (χ1n) is 11.1. The molecule has 2 aromatic rings. The van der Waals surface area contributed by atoms with E-state index in [2.05, 4.69) is 29.3 Å². The van der Waals surface area contributed by atoms with Gasteiger partial charge in [-0.05, 0) is 42.7 Å². The normalized spacial score (nSPS) is 20.1. The summed E-state index contributed by atoms with van der Waals surface area (Å²) < 4.78 is 0. The summed E-state index contributed by atoms with van der Waals surface area (Å²) in [4.78, 5) is 31.1. The number of benzene rings is 1. The van der Waals surface area contributed by atoms with Gasteiger partial charge < -0.3 is 10.2 Å². The summed E-state index contributed by atoms with van der Waals surface area (Å²) in [6.45, 7) is 4.93. The SMILES string of the molecule is CC(NC(=O)C(C1CCCC1)N1CCN(C(=O)c2cccs2)CC1)c1ccccc1. The van der Waals surface area contributed by atoms with Gasteiger partial charge in [0.1, 0.15) is 0 Å². The van der Waals surface area contributed by atoms with Gasteiger partial charge in [0.15, 0.2) is 0 Å². The number of nitrogens with one attached hydrogen (secondary N) is 1. The first-order chi connectivity index (χ1) is 14.6. The van der Waals surface area contributed by atoms with Crippen LogP contribution >= 0.6 is 11.3 Å². The largest absolute Gasteiger partial charge is 0.348 e. The average Bonchev–Trinajstić information content (AvgIpc) is 3.49. The van der Waals surface area contributed by atoms with Crippen molar-refractivity contribution in [2.45, 2.75) is 44.7 Å². The minimum Gasteiger partial charge on any atom is -0.348 e. The maximum atomic E-state index is 13.4. The van der Waals surface area contributed by atoms with Gasteiger partial charge in [-0.3, -0.25) is 14.5 Å². The summed E-state index contributed by atoms with van der Waals surface area (Å²) in [6.07, 6.45) is 4.65. The zero-order valence-corrected chi connectivity index (χ0v) is 18.4. The first kappa shape index (κ1) is 21.1. The summed E-state index contributed by atoms with van der Waals surface area (Å²) in [5.41, 5.74) is 1.13. The van der Waals surface area contributed by atoms with E-state index >= 15 is 0 Å². The van der Waals surface area contributed by atoms with Crippen LogP contribution in [0.1, 0.15) is 53.9 Å². The molecular weight excluding hydrogens is 394 g/mol. The molecule has 1 aliphatic carbocycles. The van der Waals surface area contributed by atoms with E-state index in [-0.39, 0.29) is 23.9 Å². The van der Waals surface area contributed by atoms with Gasteiger partial charge in [0.25, 0.3) is 5.91 Å². The highest BCUT2D eigenvalue weighted by atomic mass is 32.1. The highest BCUT2D eigenvalue weighted by molar-refractivity contribution is 7.12. The van der Waals surface area contributed by atoms with Crippen LogP contribution in [0.3, 0.4) is 0 Å². The van der Waals surface area contributed by atoms with E-state index in [1.165, 1.54) is 24.2 Å². The molecule has 1 aromatic heterocycles. The van der Waals surface area contributed by atoms with Crippen LogP contribution in [0.25, 0.3) is 0 Å². The molecule has 5 nitrogen and oxygen atoms in total. The van der Waals surface area contributed by atoms with Gasteiger partial charge in [-0.25, -0.2) is 0 Å². The van der Waals surface area contributed by atoms with E-state index in [9.17, 15) is 9.59 Å². The van der Waals surface area contributed by atoms with Crippen LogP contribution in [0, 0.1) is 5.92 Å². The molecule has 1 aliphatic heterocycles. The summed E-state index contributed by atoms with van der Waals surface area (Å²) in [5, 5.41) is 5.21. The Balaban J connectivity index is 1.41. The fourth-order valence-corrected chi connectivity index (χ4v) is 5.53. The molecule has 0 radical (unpaired) electrons. The number of hydrogen-bond acceptors (Lipinski definition) is 4. The fourth-order valence-electron chi connectivity index (χ4n) is 4.83. The zero-order chi connectivity index (χ0) is 20.9. The van der Waals surface area contributed by atoms with E-state index in [0.29, 0.717) is 19.0 Å². The average molecular weight is 426 g/mol. The van der Waals surface area contributed by atoms with Gasteiger partial charge in [0, 0.05) is 26.2 Å². The smallest absolute Gasteiger partial charge is 0.264 e. The highest BCUT2D eigenvalue weighted by Gasteiger charge is 2.37. The van der Waals surface area contributed by atoms with Crippen LogP contribution in [-0.2, 0) is 4.79 Å². The second-order valence-electron chi connectivity index (χ2n) is 8.44. The summed E-state index contributed by atoms with van der Waals surface area (Å²) in [6, 6.07) is 13.8. The predicted octanol–water partition coefficient (Wildman–Crippen LogP) is 3.94. The van der Waals surface area contributed by atoms with Crippen LogP contribution in [0.2, 0.25) is 0 Å². The number of amides is 2. The Bertz CT molecular complexity index is 825. The summed E-state index contributed by atoms with van der Waals surface area (Å²) >= 11 is 1.49. The third kappa shape index (κ3) is 4.76. The third-order valence-electron chi connectivity index (χ3n) is 6.50. The van der Waals surface area contributed by atoms with E-state index in [0.717, 1.165) is 36.4 Å². The van der Waals surface area contributed by atoms with Crippen molar-refractivity contribution in [3.8, 4) is 0 Å². The Hall–Kier alpha value is -2.18. The number of nitrogens with zero attached hydrogens (tertiary/aromatic N) is 2. The molecule has 6 heteroatoms. The van der Waals surface area contributed by atoms with Crippen LogP contribution < -0.4 is 5.32 Å². The number of piperazine rings is 1. The van der Waals surface area contributed by atoms with Crippen molar-refractivity contribution in [1.82, 2.24) is 15.1 Å². The lowest BCUT2D eigenvalue weighted by Crippen LogP contribution is -2.58. The van der Waals surface area contributed by atoms with Gasteiger partial charge in [-0.15, -0.1) is 11.3 Å². The van der Waals surface area contributed by atoms with Crippen LogP contribution in [0.5, 0.6) is 0 Å². The molecule has 30 heavy (non-hydrogen) atoms. The molecule has 160 valence electrons. The lowest BCUT2D eigenvalue weighted by Gasteiger charge is -2.41. The van der Waals surface area contributed by atoms with Gasteiger partial charge >= 0.3 is 0 Å². The number of rotatable bonds is 6. The van der Waals surface area contributed by atoms with Crippen molar-refractivity contribution in [3.63, 3.8) is 0 Å². The van der Waals surface area contributed by atoms with Crippen molar-refractivity contribution >= 4 is 23.2 Å². The lowest BCUT2D eigenvalue weighted by molar-refractivity contribution is -0.129. The molecule has 1 saturated heterocycles. The van der Waals surface area contributed by atoms with Gasteiger partial charge in [-0.1, -0.05) is 49.2 Å². The number of thiophene rings is 1. The van der Waals surface area contributed by atoms with E-state index in [1.54, 1.807) is 0 Å². The molecule has 1 aromatic carbocycles. The van der Waals surface area contributed by atoms with Crippen molar-refractivity contribution in [2.24, 2.45) is 5.92 Å². The van der Waals surface area contributed by atoms with E-state index in [4.69, 9.17) is 0 Å². The monoisotopic (exact) mass is 425 g/mol. The molecule has 4 rings (SSSR count). The molecule has 2 unspecified atom stereocenters. The second kappa shape index (κ2) is 9.75. The quantitative estimate of drug-likeness (QED) is 0.763. The maximum absolute atomic E-state index is 13.4. The van der Waals surface area contributed by atoms with Gasteiger partial charge in [0.05, 0.1) is 17.0 Å². The van der Waals surface area contributed by atoms with Crippen molar-refractivity contribution < 1.29 is 9.59 Å². The maximum Gasteiger partial charge on any atom is 0.264 e. The molecule has 0 spiro atoms. The standard InChI is InChI=1S/C24H31N3O2S/c1-18(19-8-3-2-4-9-19)25-23(28)22(20-10-5-6-11-20)26-13-15-27(16-14-26)24(29)21-12-7-17-30-21/h2-4,7-9,12,17-18,20,22H,5-6,10-11,13-16H2,1H3,(H,25,28). The topological polar surface area (TPSA) is 52.7 Å². The molecule has 2 atom stereocenters. The highest BCUT2D eigenvalue weighted by Crippen LogP contribution is 2.31. The van der Waals surface area contributed by atoms with Crippen molar-refractivity contribution in [3.05, 3.63) is 58.3 Å². The molecule has 0 bridgehead atoms. The molecule has 1 N–H and O–H groups in total. The van der Waals surface area contributed by atoms with Gasteiger partial charge in [0.2, 0.25) is 5.91 Å². The Morgan fingerprint density at radius 3 is 2.33 bits per heavy atom. The number of hydrogen-bond donors (Lipinski definition) is 1. The van der Waals surface area contributed by atoms with E-state index in [1.807, 2.05) is 40.6 Å². The molecule has 1 saturated carbocycles. The Kier molecular flexibility index (Phi) is 6.85. The predicted molar refractivity (Wildman–Crippen MR) is 121 cm³/mol. The Labute approximate surface area is 183 Å². The molecule has 2 aliphatic rings. The minimum atomic E-state index is -0.0994. The third-order valence-corrected chi connectivity index (χ3v) is 7.36.